The van der Waals surface area contributed by atoms with Crippen molar-refractivity contribution < 1.29 is 38.4 Å². The Bertz CT molecular complexity index is 408. The van der Waals surface area contributed by atoms with E-state index in [1.807, 2.05) is 0 Å². The van der Waals surface area contributed by atoms with E-state index in [0.717, 1.165) is 0 Å². The first-order valence-corrected chi connectivity index (χ1v) is 7.30. The van der Waals surface area contributed by atoms with E-state index in [1.54, 1.807) is 20.8 Å². The summed E-state index contributed by atoms with van der Waals surface area (Å²) in [5.41, 5.74) is 0. The van der Waals surface area contributed by atoms with E-state index in [1.165, 1.54) is 0 Å². The zero-order valence-electron chi connectivity index (χ0n) is 12.9. The lowest BCUT2D eigenvalue weighted by Gasteiger charge is -2.38. The highest BCUT2D eigenvalue weighted by atomic mass is 16.7. The summed E-state index contributed by atoms with van der Waals surface area (Å²) >= 11 is 0. The molecule has 22 heavy (non-hydrogen) atoms. The van der Waals surface area contributed by atoms with E-state index >= 15 is 0 Å². The molecule has 126 valence electrons. The van der Waals surface area contributed by atoms with E-state index in [0.29, 0.717) is 0 Å². The molecule has 0 spiro atoms. The maximum Gasteiger partial charge on any atom is 0.306 e. The molecule has 8 heteroatoms. The lowest BCUT2D eigenvalue weighted by Crippen LogP contribution is -2.57. The summed E-state index contributed by atoms with van der Waals surface area (Å²) in [5.74, 6) is -1.66. The molecule has 1 N–H and O–H groups in total. The SMILES string of the molecule is CCC(=O)O[C@H]1[C@H](OC(=O)CC)COC(O)[C@@H]1OC(=O)CC. The molecule has 0 aromatic heterocycles. The Kier molecular flexibility index (Phi) is 7.26. The minimum Gasteiger partial charge on any atom is -0.456 e. The second-order valence-electron chi connectivity index (χ2n) is 4.72. The summed E-state index contributed by atoms with van der Waals surface area (Å²) in [6.45, 7) is 4.63. The summed E-state index contributed by atoms with van der Waals surface area (Å²) < 4.78 is 20.5. The highest BCUT2D eigenvalue weighted by molar-refractivity contribution is 5.71. The molecule has 1 aliphatic heterocycles. The minimum atomic E-state index is -1.46. The minimum absolute atomic E-state index is 0.0804. The third-order valence-electron chi connectivity index (χ3n) is 3.09. The number of carbonyl (C=O) groups is 3. The highest BCUT2D eigenvalue weighted by Crippen LogP contribution is 2.24. The van der Waals surface area contributed by atoms with Crippen LogP contribution < -0.4 is 0 Å². The molecule has 0 amide bonds. The van der Waals surface area contributed by atoms with Crippen molar-refractivity contribution in [2.24, 2.45) is 0 Å². The quantitative estimate of drug-likeness (QED) is 0.550. The predicted molar refractivity (Wildman–Crippen MR) is 72.5 cm³/mol. The number of hydrogen-bond donors (Lipinski definition) is 1. The van der Waals surface area contributed by atoms with Crippen LogP contribution in [0.2, 0.25) is 0 Å². The number of ether oxygens (including phenoxy) is 4. The van der Waals surface area contributed by atoms with Crippen molar-refractivity contribution in [3.05, 3.63) is 0 Å². The van der Waals surface area contributed by atoms with Crippen molar-refractivity contribution in [2.75, 3.05) is 6.61 Å². The van der Waals surface area contributed by atoms with Crippen LogP contribution in [-0.2, 0) is 33.3 Å². The van der Waals surface area contributed by atoms with Gasteiger partial charge in [-0.1, -0.05) is 20.8 Å². The van der Waals surface area contributed by atoms with Crippen molar-refractivity contribution in [1.82, 2.24) is 0 Å². The lowest BCUT2D eigenvalue weighted by molar-refractivity contribution is -0.268. The third kappa shape index (κ3) is 4.96. The zero-order valence-corrected chi connectivity index (χ0v) is 12.9. The topological polar surface area (TPSA) is 108 Å². The van der Waals surface area contributed by atoms with Crippen LogP contribution in [0, 0.1) is 0 Å². The van der Waals surface area contributed by atoms with Gasteiger partial charge in [0.25, 0.3) is 0 Å². The molecule has 0 radical (unpaired) electrons. The van der Waals surface area contributed by atoms with Gasteiger partial charge in [-0.15, -0.1) is 0 Å². The van der Waals surface area contributed by atoms with Crippen LogP contribution in [-0.4, -0.2) is 54.2 Å². The smallest absolute Gasteiger partial charge is 0.306 e. The first kappa shape index (κ1) is 18.4. The zero-order chi connectivity index (χ0) is 16.7. The van der Waals surface area contributed by atoms with Gasteiger partial charge in [-0.3, -0.25) is 14.4 Å². The Morgan fingerprint density at radius 2 is 1.36 bits per heavy atom. The molecule has 4 atom stereocenters. The van der Waals surface area contributed by atoms with Crippen LogP contribution in [0.1, 0.15) is 40.0 Å². The van der Waals surface area contributed by atoms with Gasteiger partial charge in [0, 0.05) is 19.3 Å². The molecule has 0 aliphatic carbocycles. The van der Waals surface area contributed by atoms with Crippen LogP contribution in [0.3, 0.4) is 0 Å². The molecular weight excluding hydrogens is 296 g/mol. The van der Waals surface area contributed by atoms with Crippen molar-refractivity contribution >= 4 is 17.9 Å². The number of aliphatic hydroxyl groups is 1. The Labute approximate surface area is 128 Å². The van der Waals surface area contributed by atoms with Crippen LogP contribution in [0.4, 0.5) is 0 Å². The van der Waals surface area contributed by atoms with Crippen molar-refractivity contribution in [3.8, 4) is 0 Å². The van der Waals surface area contributed by atoms with Crippen LogP contribution >= 0.6 is 0 Å². The van der Waals surface area contributed by atoms with E-state index in [4.69, 9.17) is 18.9 Å². The van der Waals surface area contributed by atoms with Gasteiger partial charge >= 0.3 is 17.9 Å². The van der Waals surface area contributed by atoms with Crippen molar-refractivity contribution in [2.45, 2.75) is 64.6 Å². The Hall–Kier alpha value is -1.67. The average molecular weight is 318 g/mol. The number of hydrogen-bond acceptors (Lipinski definition) is 8. The first-order chi connectivity index (χ1) is 10.4. The van der Waals surface area contributed by atoms with Gasteiger partial charge < -0.3 is 24.1 Å². The molecule has 0 aromatic rings. The summed E-state index contributed by atoms with van der Waals surface area (Å²) in [6, 6.07) is 0. The third-order valence-corrected chi connectivity index (χ3v) is 3.09. The van der Waals surface area contributed by atoms with Gasteiger partial charge in [0.1, 0.15) is 0 Å². The molecule has 8 nitrogen and oxygen atoms in total. The predicted octanol–water partition coefficient (Wildman–Crippen LogP) is 0.300. The van der Waals surface area contributed by atoms with Crippen LogP contribution in [0.15, 0.2) is 0 Å². The normalized spacial score (nSPS) is 27.8. The van der Waals surface area contributed by atoms with E-state index in [2.05, 4.69) is 0 Å². The summed E-state index contributed by atoms with van der Waals surface area (Å²) in [4.78, 5) is 34.5. The van der Waals surface area contributed by atoms with Gasteiger partial charge in [0.2, 0.25) is 0 Å². The van der Waals surface area contributed by atoms with Crippen LogP contribution in [0.25, 0.3) is 0 Å². The average Bonchev–Trinajstić information content (AvgIpc) is 2.52. The molecular formula is C14H22O8. The molecule has 0 bridgehead atoms. The molecule has 1 unspecified atom stereocenters. The fourth-order valence-corrected chi connectivity index (χ4v) is 1.85. The maximum atomic E-state index is 11.6. The van der Waals surface area contributed by atoms with Gasteiger partial charge in [-0.05, 0) is 0 Å². The monoisotopic (exact) mass is 318 g/mol. The van der Waals surface area contributed by atoms with Crippen LogP contribution in [0.5, 0.6) is 0 Å². The first-order valence-electron chi connectivity index (χ1n) is 7.30. The number of carbonyl (C=O) groups excluding carboxylic acids is 3. The summed E-state index contributed by atoms with van der Waals surface area (Å²) in [7, 11) is 0. The van der Waals surface area contributed by atoms with Gasteiger partial charge in [0.05, 0.1) is 6.61 Å². The molecule has 0 aromatic carbocycles. The fraction of sp³-hybridized carbons (Fsp3) is 0.786. The van der Waals surface area contributed by atoms with Gasteiger partial charge in [0.15, 0.2) is 24.6 Å². The van der Waals surface area contributed by atoms with Crippen molar-refractivity contribution in [1.29, 1.82) is 0 Å². The van der Waals surface area contributed by atoms with Gasteiger partial charge in [-0.2, -0.15) is 0 Å². The molecule has 1 saturated heterocycles. The summed E-state index contributed by atoms with van der Waals surface area (Å²) in [5, 5.41) is 9.85. The number of esters is 3. The van der Waals surface area contributed by atoms with Gasteiger partial charge in [-0.25, -0.2) is 0 Å². The Morgan fingerprint density at radius 3 is 1.86 bits per heavy atom. The maximum absolute atomic E-state index is 11.6. The Balaban J connectivity index is 2.92. The molecule has 1 fully saturated rings. The van der Waals surface area contributed by atoms with E-state index in [9.17, 15) is 19.5 Å². The van der Waals surface area contributed by atoms with E-state index < -0.39 is 42.5 Å². The second-order valence-corrected chi connectivity index (χ2v) is 4.72. The van der Waals surface area contributed by atoms with E-state index in [-0.39, 0.29) is 25.9 Å². The molecule has 1 aliphatic rings. The molecule has 0 saturated carbocycles. The second kappa shape index (κ2) is 8.70. The molecule has 1 heterocycles. The standard InChI is InChI=1S/C14H22O8/c1-4-9(15)20-8-7-19-14(18)13(22-11(17)6-3)12(8)21-10(16)5-2/h8,12-14,18H,4-7H2,1-3H3/t8-,12+,13-,14?/m1/s1. The van der Waals surface area contributed by atoms with Crippen molar-refractivity contribution in [3.63, 3.8) is 0 Å². The molecule has 1 rings (SSSR count). The Morgan fingerprint density at radius 1 is 0.909 bits per heavy atom. The highest BCUT2D eigenvalue weighted by Gasteiger charge is 2.46. The number of rotatable bonds is 6. The largest absolute Gasteiger partial charge is 0.456 e. The number of aliphatic hydroxyl groups excluding tert-OH is 1. The lowest BCUT2D eigenvalue weighted by atomic mass is 10.0. The summed E-state index contributed by atoms with van der Waals surface area (Å²) in [6.07, 6.45) is -4.45. The fourth-order valence-electron chi connectivity index (χ4n) is 1.85.